The minimum Gasteiger partial charge on any atom is -0.443 e. The standard InChI is InChI=1S/C17H24N2O2/c1-16(2,3)21-15(20)19-13-9-7-6-8-12(13)10-14(19)17(4,5)11-18/h6-10H,11,18H2,1-5H3. The third kappa shape index (κ3) is 3.10. The highest BCUT2D eigenvalue weighted by Gasteiger charge is 2.29. The lowest BCUT2D eigenvalue weighted by Crippen LogP contribution is -2.34. The second-order valence-corrected chi connectivity index (χ2v) is 6.99. The van der Waals surface area contributed by atoms with Crippen LogP contribution in [0.3, 0.4) is 0 Å². The molecule has 0 radical (unpaired) electrons. The van der Waals surface area contributed by atoms with Crippen LogP contribution in [-0.2, 0) is 10.2 Å². The summed E-state index contributed by atoms with van der Waals surface area (Å²) >= 11 is 0. The summed E-state index contributed by atoms with van der Waals surface area (Å²) in [5.74, 6) is 0. The SMILES string of the molecule is CC(C)(C)OC(=O)n1c(C(C)(C)CN)cc2ccccc21. The maximum Gasteiger partial charge on any atom is 0.419 e. The molecule has 1 heterocycles. The molecule has 0 aliphatic rings. The lowest BCUT2D eigenvalue weighted by atomic mass is 9.89. The molecule has 2 aromatic rings. The second kappa shape index (κ2) is 5.19. The summed E-state index contributed by atoms with van der Waals surface area (Å²) < 4.78 is 7.20. The van der Waals surface area contributed by atoms with E-state index in [2.05, 4.69) is 0 Å². The van der Waals surface area contributed by atoms with Gasteiger partial charge in [0.2, 0.25) is 0 Å². The van der Waals surface area contributed by atoms with Gasteiger partial charge in [0.15, 0.2) is 0 Å². The van der Waals surface area contributed by atoms with Crippen molar-refractivity contribution < 1.29 is 9.53 Å². The predicted octanol–water partition coefficient (Wildman–Crippen LogP) is 3.66. The highest BCUT2D eigenvalue weighted by atomic mass is 16.6. The van der Waals surface area contributed by atoms with Crippen molar-refractivity contribution >= 4 is 17.0 Å². The molecule has 2 N–H and O–H groups in total. The van der Waals surface area contributed by atoms with E-state index < -0.39 is 5.60 Å². The number of para-hydroxylation sites is 1. The molecule has 1 aromatic carbocycles. The highest BCUT2D eigenvalue weighted by Crippen LogP contribution is 2.30. The van der Waals surface area contributed by atoms with Crippen LogP contribution in [0.4, 0.5) is 4.79 Å². The van der Waals surface area contributed by atoms with E-state index in [9.17, 15) is 4.79 Å². The Kier molecular flexibility index (Phi) is 3.85. The maximum atomic E-state index is 12.6. The lowest BCUT2D eigenvalue weighted by Gasteiger charge is -2.26. The Bertz CT molecular complexity index is 663. The Morgan fingerprint density at radius 3 is 2.38 bits per heavy atom. The van der Waals surface area contributed by atoms with Crippen molar-refractivity contribution in [3.05, 3.63) is 36.0 Å². The van der Waals surface area contributed by atoms with Crippen LogP contribution in [0.5, 0.6) is 0 Å². The highest BCUT2D eigenvalue weighted by molar-refractivity contribution is 5.91. The number of carbonyl (C=O) groups is 1. The van der Waals surface area contributed by atoms with E-state index in [0.29, 0.717) is 6.54 Å². The summed E-state index contributed by atoms with van der Waals surface area (Å²) in [6.45, 7) is 10.1. The van der Waals surface area contributed by atoms with Crippen molar-refractivity contribution in [2.75, 3.05) is 6.54 Å². The van der Waals surface area contributed by atoms with Gasteiger partial charge in [-0.3, -0.25) is 0 Å². The van der Waals surface area contributed by atoms with Gasteiger partial charge in [-0.2, -0.15) is 0 Å². The number of ether oxygens (including phenoxy) is 1. The quantitative estimate of drug-likeness (QED) is 0.917. The Labute approximate surface area is 125 Å². The first-order valence-electron chi connectivity index (χ1n) is 7.20. The molecule has 0 amide bonds. The monoisotopic (exact) mass is 288 g/mol. The van der Waals surface area contributed by atoms with Gasteiger partial charge in [-0.25, -0.2) is 9.36 Å². The molecule has 0 saturated carbocycles. The molecule has 0 bridgehead atoms. The molecule has 0 spiro atoms. The molecule has 1 aromatic heterocycles. The number of nitrogens with zero attached hydrogens (tertiary/aromatic N) is 1. The Hall–Kier alpha value is -1.81. The number of fused-ring (bicyclic) bond motifs is 1. The predicted molar refractivity (Wildman–Crippen MR) is 85.7 cm³/mol. The molecule has 4 nitrogen and oxygen atoms in total. The first-order valence-corrected chi connectivity index (χ1v) is 7.20. The molecular formula is C17H24N2O2. The smallest absolute Gasteiger partial charge is 0.419 e. The van der Waals surface area contributed by atoms with E-state index in [1.54, 1.807) is 4.57 Å². The lowest BCUT2D eigenvalue weighted by molar-refractivity contribution is 0.0535. The van der Waals surface area contributed by atoms with E-state index in [-0.39, 0.29) is 11.5 Å². The van der Waals surface area contributed by atoms with Gasteiger partial charge >= 0.3 is 6.09 Å². The topological polar surface area (TPSA) is 57.2 Å². The van der Waals surface area contributed by atoms with Crippen molar-refractivity contribution in [3.8, 4) is 0 Å². The fraction of sp³-hybridized carbons (Fsp3) is 0.471. The van der Waals surface area contributed by atoms with Crippen molar-refractivity contribution in [3.63, 3.8) is 0 Å². The van der Waals surface area contributed by atoms with E-state index in [1.807, 2.05) is 65.0 Å². The van der Waals surface area contributed by atoms with Crippen molar-refractivity contribution in [1.82, 2.24) is 4.57 Å². The van der Waals surface area contributed by atoms with E-state index in [4.69, 9.17) is 10.5 Å². The van der Waals surface area contributed by atoms with Gasteiger partial charge < -0.3 is 10.5 Å². The number of carbonyl (C=O) groups excluding carboxylic acids is 1. The van der Waals surface area contributed by atoms with E-state index in [0.717, 1.165) is 16.6 Å². The second-order valence-electron chi connectivity index (χ2n) is 6.99. The molecular weight excluding hydrogens is 264 g/mol. The fourth-order valence-corrected chi connectivity index (χ4v) is 2.26. The zero-order chi connectivity index (χ0) is 15.8. The first kappa shape index (κ1) is 15.6. The number of aromatic nitrogens is 1. The molecule has 0 saturated heterocycles. The van der Waals surface area contributed by atoms with Crippen molar-refractivity contribution in [2.24, 2.45) is 5.73 Å². The summed E-state index contributed by atoms with van der Waals surface area (Å²) in [7, 11) is 0. The van der Waals surface area contributed by atoms with Crippen molar-refractivity contribution in [2.45, 2.75) is 45.6 Å². The molecule has 114 valence electrons. The largest absolute Gasteiger partial charge is 0.443 e. The minimum absolute atomic E-state index is 0.310. The van der Waals surface area contributed by atoms with Gasteiger partial charge in [0.1, 0.15) is 5.60 Å². The van der Waals surface area contributed by atoms with Crippen LogP contribution < -0.4 is 5.73 Å². The molecule has 0 fully saturated rings. The summed E-state index contributed by atoms with van der Waals surface area (Å²) in [6.07, 6.45) is -0.361. The molecule has 0 atom stereocenters. The molecule has 4 heteroatoms. The zero-order valence-electron chi connectivity index (χ0n) is 13.4. The molecule has 2 rings (SSSR count). The van der Waals surface area contributed by atoms with Gasteiger partial charge in [-0.1, -0.05) is 32.0 Å². The average molecular weight is 288 g/mol. The summed E-state index contributed by atoms with van der Waals surface area (Å²) in [6, 6.07) is 9.82. The average Bonchev–Trinajstić information content (AvgIpc) is 2.76. The minimum atomic E-state index is -0.535. The van der Waals surface area contributed by atoms with Crippen LogP contribution >= 0.6 is 0 Å². The summed E-state index contributed by atoms with van der Waals surface area (Å²) in [5, 5.41) is 1.01. The number of rotatable bonds is 2. The number of hydrogen-bond donors (Lipinski definition) is 1. The number of hydrogen-bond acceptors (Lipinski definition) is 3. The third-order valence-electron chi connectivity index (χ3n) is 3.49. The first-order chi connectivity index (χ1) is 9.65. The Morgan fingerprint density at radius 2 is 1.81 bits per heavy atom. The van der Waals surface area contributed by atoms with E-state index in [1.165, 1.54) is 0 Å². The summed E-state index contributed by atoms with van der Waals surface area (Å²) in [5.41, 5.74) is 6.77. The van der Waals surface area contributed by atoms with Crippen molar-refractivity contribution in [1.29, 1.82) is 0 Å². The maximum absolute atomic E-state index is 12.6. The number of nitrogens with two attached hydrogens (primary N) is 1. The molecule has 0 aliphatic heterocycles. The van der Waals surface area contributed by atoms with Crippen LogP contribution in [-0.4, -0.2) is 22.8 Å². The van der Waals surface area contributed by atoms with Gasteiger partial charge in [-0.15, -0.1) is 0 Å². The van der Waals surface area contributed by atoms with Gasteiger partial charge in [0.05, 0.1) is 5.52 Å². The van der Waals surface area contributed by atoms with Gasteiger partial charge in [-0.05, 0) is 32.9 Å². The fourth-order valence-electron chi connectivity index (χ4n) is 2.26. The molecule has 0 aliphatic carbocycles. The number of benzene rings is 1. The van der Waals surface area contributed by atoms with Crippen LogP contribution in [0.15, 0.2) is 30.3 Å². The Balaban J connectivity index is 2.64. The van der Waals surface area contributed by atoms with Gasteiger partial charge in [0, 0.05) is 23.0 Å². The van der Waals surface area contributed by atoms with Crippen LogP contribution in [0, 0.1) is 0 Å². The summed E-state index contributed by atoms with van der Waals surface area (Å²) in [4.78, 5) is 12.6. The van der Waals surface area contributed by atoms with Crippen LogP contribution in [0.1, 0.15) is 40.3 Å². The molecule has 0 unspecified atom stereocenters. The van der Waals surface area contributed by atoms with Crippen LogP contribution in [0.2, 0.25) is 0 Å². The third-order valence-corrected chi connectivity index (χ3v) is 3.49. The van der Waals surface area contributed by atoms with Gasteiger partial charge in [0.25, 0.3) is 0 Å². The zero-order valence-corrected chi connectivity index (χ0v) is 13.4. The van der Waals surface area contributed by atoms with E-state index >= 15 is 0 Å². The Morgan fingerprint density at radius 1 is 1.19 bits per heavy atom. The van der Waals surface area contributed by atoms with Crippen LogP contribution in [0.25, 0.3) is 10.9 Å². The molecule has 21 heavy (non-hydrogen) atoms. The normalized spacial score (nSPS) is 12.7.